The number of furan rings is 1. The number of rotatable bonds is 6. The molecule has 0 aliphatic rings. The first kappa shape index (κ1) is 32.7. The van der Waals surface area contributed by atoms with Gasteiger partial charge in [-0.15, -0.1) is 0 Å². The second-order valence-electron chi connectivity index (χ2n) is 14.3. The van der Waals surface area contributed by atoms with Gasteiger partial charge in [-0.1, -0.05) is 176 Å². The minimum atomic E-state index is 0.671. The number of pyridine rings is 1. The lowest BCUT2D eigenvalue weighted by Gasteiger charge is -2.18. The molecule has 3 heterocycles. The molecule has 266 valence electrons. The van der Waals surface area contributed by atoms with Crippen LogP contribution in [0.5, 0.6) is 0 Å². The number of fused-ring (bicyclic) bond motifs is 7. The summed E-state index contributed by atoms with van der Waals surface area (Å²) in [5.41, 5.74) is 13.6. The molecule has 57 heavy (non-hydrogen) atoms. The van der Waals surface area contributed by atoms with Crippen LogP contribution in [-0.2, 0) is 0 Å². The van der Waals surface area contributed by atoms with Gasteiger partial charge in [-0.3, -0.25) is 0 Å². The van der Waals surface area contributed by atoms with Gasteiger partial charge in [0.05, 0.1) is 22.6 Å². The summed E-state index contributed by atoms with van der Waals surface area (Å²) >= 11 is 0. The van der Waals surface area contributed by atoms with Crippen molar-refractivity contribution in [1.82, 2.24) is 15.0 Å². The Hall–Kier alpha value is -7.69. The van der Waals surface area contributed by atoms with Crippen molar-refractivity contribution < 1.29 is 4.42 Å². The van der Waals surface area contributed by atoms with Crippen LogP contribution in [0.25, 0.3) is 111 Å². The molecule has 0 saturated heterocycles. The Labute approximate surface area is 329 Å². The number of aromatic nitrogens is 3. The van der Waals surface area contributed by atoms with E-state index in [-0.39, 0.29) is 0 Å². The monoisotopic (exact) mass is 727 g/mol. The van der Waals surface area contributed by atoms with E-state index < -0.39 is 0 Å². The molecule has 0 atom stereocenters. The SMILES string of the molecule is c1ccc(-c2ccc(-c3nc(-c4ccccc4)c(-c4cccc(-c5nc6ccccc6c6c5ccc5c7ccccc7oc56)c4)c(-c4ccccc4)n3)cc2)cc1. The summed E-state index contributed by atoms with van der Waals surface area (Å²) in [6, 6.07) is 69.5. The van der Waals surface area contributed by atoms with Crippen LogP contribution in [-0.4, -0.2) is 15.0 Å². The Morgan fingerprint density at radius 1 is 0.316 bits per heavy atom. The van der Waals surface area contributed by atoms with E-state index in [0.717, 1.165) is 99.6 Å². The molecule has 0 amide bonds. The number of hydrogen-bond donors (Lipinski definition) is 0. The highest BCUT2D eigenvalue weighted by molar-refractivity contribution is 6.24. The van der Waals surface area contributed by atoms with Crippen molar-refractivity contribution in [3.63, 3.8) is 0 Å². The van der Waals surface area contributed by atoms with Gasteiger partial charge in [-0.05, 0) is 41.0 Å². The third kappa shape index (κ3) is 5.66. The van der Waals surface area contributed by atoms with Crippen LogP contribution in [0.4, 0.5) is 0 Å². The van der Waals surface area contributed by atoms with Gasteiger partial charge in [0.15, 0.2) is 5.82 Å². The molecule has 0 N–H and O–H groups in total. The normalized spacial score (nSPS) is 11.5. The molecule has 11 aromatic rings. The molecule has 0 saturated carbocycles. The largest absolute Gasteiger partial charge is 0.455 e. The number of para-hydroxylation sites is 2. The Morgan fingerprint density at radius 2 is 0.842 bits per heavy atom. The topological polar surface area (TPSA) is 51.8 Å². The van der Waals surface area contributed by atoms with Crippen molar-refractivity contribution >= 4 is 43.6 Å². The molecule has 0 spiro atoms. The first-order valence-corrected chi connectivity index (χ1v) is 19.2. The summed E-state index contributed by atoms with van der Waals surface area (Å²) in [6.45, 7) is 0. The zero-order chi connectivity index (χ0) is 37.7. The van der Waals surface area contributed by atoms with Gasteiger partial charge in [0.1, 0.15) is 11.2 Å². The highest BCUT2D eigenvalue weighted by atomic mass is 16.3. The number of hydrogen-bond acceptors (Lipinski definition) is 4. The van der Waals surface area contributed by atoms with Crippen LogP contribution in [0.1, 0.15) is 0 Å². The maximum absolute atomic E-state index is 6.62. The molecule has 4 heteroatoms. The lowest BCUT2D eigenvalue weighted by molar-refractivity contribution is 0.673. The molecule has 0 radical (unpaired) electrons. The predicted octanol–water partition coefficient (Wildman–Crippen LogP) is 14.1. The van der Waals surface area contributed by atoms with Crippen LogP contribution in [0.2, 0.25) is 0 Å². The molecule has 0 aliphatic carbocycles. The zero-order valence-corrected chi connectivity index (χ0v) is 30.8. The quantitative estimate of drug-likeness (QED) is 0.160. The van der Waals surface area contributed by atoms with Gasteiger partial charge in [0, 0.05) is 54.7 Å². The Balaban J connectivity index is 1.15. The smallest absolute Gasteiger partial charge is 0.160 e. The first-order valence-electron chi connectivity index (χ1n) is 19.2. The van der Waals surface area contributed by atoms with Crippen molar-refractivity contribution in [3.05, 3.63) is 200 Å². The Kier molecular flexibility index (Phi) is 7.78. The summed E-state index contributed by atoms with van der Waals surface area (Å²) in [5.74, 6) is 0.671. The maximum Gasteiger partial charge on any atom is 0.160 e. The average molecular weight is 728 g/mol. The lowest BCUT2D eigenvalue weighted by Crippen LogP contribution is -2.01. The highest BCUT2D eigenvalue weighted by Gasteiger charge is 2.22. The van der Waals surface area contributed by atoms with Crippen molar-refractivity contribution in [2.75, 3.05) is 0 Å². The lowest BCUT2D eigenvalue weighted by atomic mass is 9.91. The minimum Gasteiger partial charge on any atom is -0.455 e. The van der Waals surface area contributed by atoms with Gasteiger partial charge in [-0.2, -0.15) is 0 Å². The summed E-state index contributed by atoms with van der Waals surface area (Å²) in [6.07, 6.45) is 0. The summed E-state index contributed by atoms with van der Waals surface area (Å²) < 4.78 is 6.62. The van der Waals surface area contributed by atoms with Gasteiger partial charge < -0.3 is 4.42 Å². The summed E-state index contributed by atoms with van der Waals surface area (Å²) in [7, 11) is 0. The van der Waals surface area contributed by atoms with E-state index in [1.165, 1.54) is 5.56 Å². The molecule has 0 unspecified atom stereocenters. The van der Waals surface area contributed by atoms with Crippen molar-refractivity contribution in [2.24, 2.45) is 0 Å². The predicted molar refractivity (Wildman–Crippen MR) is 235 cm³/mol. The van der Waals surface area contributed by atoms with Gasteiger partial charge in [-0.25, -0.2) is 15.0 Å². The Bertz CT molecular complexity index is 3200. The standard InChI is InChI=1S/C53H33N3O/c1-4-15-34(16-5-1)35-27-29-38(30-28-35)53-55-50(36-17-6-2-7-18-36)47(51(56-53)37-19-8-3-9-20-37)39-21-14-22-40(33-39)49-44-32-31-42-41-23-11-13-26-46(41)57-52(42)48(44)43-24-10-12-25-45(43)54-49/h1-33H. The molecule has 0 fully saturated rings. The molecule has 8 aromatic carbocycles. The fourth-order valence-corrected chi connectivity index (χ4v) is 8.17. The highest BCUT2D eigenvalue weighted by Crippen LogP contribution is 2.44. The van der Waals surface area contributed by atoms with Crippen molar-refractivity contribution in [1.29, 1.82) is 0 Å². The molecule has 0 aliphatic heterocycles. The molecule has 4 nitrogen and oxygen atoms in total. The fraction of sp³-hybridized carbons (Fsp3) is 0. The second kappa shape index (κ2) is 13.6. The van der Waals surface area contributed by atoms with Crippen LogP contribution >= 0.6 is 0 Å². The summed E-state index contributed by atoms with van der Waals surface area (Å²) in [4.78, 5) is 16.1. The number of benzene rings is 8. The van der Waals surface area contributed by atoms with Crippen molar-refractivity contribution in [3.8, 4) is 67.4 Å². The molecule has 11 rings (SSSR count). The van der Waals surface area contributed by atoms with Gasteiger partial charge in [0.2, 0.25) is 0 Å². The number of nitrogens with zero attached hydrogens (tertiary/aromatic N) is 3. The molecule has 3 aromatic heterocycles. The fourth-order valence-electron chi connectivity index (χ4n) is 8.17. The first-order chi connectivity index (χ1) is 28.3. The van der Waals surface area contributed by atoms with E-state index >= 15 is 0 Å². The Morgan fingerprint density at radius 3 is 1.54 bits per heavy atom. The molecular formula is C53H33N3O. The van der Waals surface area contributed by atoms with E-state index in [9.17, 15) is 0 Å². The molecular weight excluding hydrogens is 695 g/mol. The van der Waals surface area contributed by atoms with E-state index in [1.807, 2.05) is 36.4 Å². The van der Waals surface area contributed by atoms with Crippen LogP contribution in [0.3, 0.4) is 0 Å². The summed E-state index contributed by atoms with van der Waals surface area (Å²) in [5, 5.41) is 5.37. The minimum absolute atomic E-state index is 0.671. The van der Waals surface area contributed by atoms with E-state index in [1.54, 1.807) is 0 Å². The average Bonchev–Trinajstić information content (AvgIpc) is 3.68. The van der Waals surface area contributed by atoms with Crippen LogP contribution < -0.4 is 0 Å². The maximum atomic E-state index is 6.62. The van der Waals surface area contributed by atoms with E-state index in [4.69, 9.17) is 19.4 Å². The molecule has 0 bridgehead atoms. The zero-order valence-electron chi connectivity index (χ0n) is 30.8. The van der Waals surface area contributed by atoms with Crippen LogP contribution in [0.15, 0.2) is 205 Å². The second-order valence-corrected chi connectivity index (χ2v) is 14.3. The third-order valence-corrected chi connectivity index (χ3v) is 10.9. The van der Waals surface area contributed by atoms with Crippen molar-refractivity contribution in [2.45, 2.75) is 0 Å². The van der Waals surface area contributed by atoms with Crippen LogP contribution in [0, 0.1) is 0 Å². The van der Waals surface area contributed by atoms with E-state index in [2.05, 4.69) is 164 Å². The third-order valence-electron chi connectivity index (χ3n) is 10.9. The van der Waals surface area contributed by atoms with E-state index in [0.29, 0.717) is 5.82 Å². The van der Waals surface area contributed by atoms with Gasteiger partial charge >= 0.3 is 0 Å². The van der Waals surface area contributed by atoms with Gasteiger partial charge in [0.25, 0.3) is 0 Å².